The van der Waals surface area contributed by atoms with E-state index in [1.54, 1.807) is 17.5 Å². The molecule has 5 heteroatoms. The first-order valence-electron chi connectivity index (χ1n) is 5.95. The van der Waals surface area contributed by atoms with Gasteiger partial charge in [-0.3, -0.25) is 4.98 Å². The van der Waals surface area contributed by atoms with E-state index in [9.17, 15) is 0 Å². The normalized spacial score (nSPS) is 12.6. The maximum Gasteiger partial charge on any atom is 0.0897 e. The van der Waals surface area contributed by atoms with Crippen LogP contribution in [0.15, 0.2) is 23.7 Å². The molecule has 96 valence electrons. The average molecular weight is 282 g/mol. The Balaban J connectivity index is 2.20. The predicted molar refractivity (Wildman–Crippen MR) is 76.2 cm³/mol. The number of rotatable bonds is 5. The standard InChI is InChI=1S/C13H16ClN3S/c1-3-15-12(7-10-8-18-9(2)17-10)13-11(14)5-4-6-16-13/h4-6,8,12,15H,3,7H2,1-2H3. The molecule has 0 aromatic carbocycles. The van der Waals surface area contributed by atoms with Crippen LogP contribution in [0.2, 0.25) is 5.02 Å². The zero-order chi connectivity index (χ0) is 13.0. The minimum Gasteiger partial charge on any atom is -0.309 e. The lowest BCUT2D eigenvalue weighted by atomic mass is 10.1. The number of likely N-dealkylation sites (N-methyl/N-ethyl adjacent to an activating group) is 1. The number of hydrogen-bond acceptors (Lipinski definition) is 4. The van der Waals surface area contributed by atoms with Crippen molar-refractivity contribution in [3.05, 3.63) is 45.1 Å². The SMILES string of the molecule is CCNC(Cc1csc(C)n1)c1ncccc1Cl. The predicted octanol–water partition coefficient (Wildman–Crippen LogP) is 3.39. The lowest BCUT2D eigenvalue weighted by Gasteiger charge is -2.17. The fraction of sp³-hybridized carbons (Fsp3) is 0.385. The van der Waals surface area contributed by atoms with Gasteiger partial charge in [-0.1, -0.05) is 18.5 Å². The summed E-state index contributed by atoms with van der Waals surface area (Å²) in [5.74, 6) is 0. The minimum atomic E-state index is 0.116. The van der Waals surface area contributed by atoms with Crippen molar-refractivity contribution in [2.75, 3.05) is 6.54 Å². The molecule has 0 fully saturated rings. The molecule has 0 spiro atoms. The molecule has 18 heavy (non-hydrogen) atoms. The molecule has 1 unspecified atom stereocenters. The summed E-state index contributed by atoms with van der Waals surface area (Å²) in [5, 5.41) is 7.30. The number of pyridine rings is 1. The highest BCUT2D eigenvalue weighted by atomic mass is 35.5. The van der Waals surface area contributed by atoms with E-state index < -0.39 is 0 Å². The van der Waals surface area contributed by atoms with Gasteiger partial charge in [0.15, 0.2) is 0 Å². The number of thiazole rings is 1. The van der Waals surface area contributed by atoms with E-state index in [2.05, 4.69) is 27.6 Å². The molecule has 0 aliphatic rings. The fourth-order valence-electron chi connectivity index (χ4n) is 1.88. The zero-order valence-electron chi connectivity index (χ0n) is 10.5. The Labute approximate surface area is 116 Å². The van der Waals surface area contributed by atoms with E-state index in [-0.39, 0.29) is 6.04 Å². The fourth-order valence-corrected chi connectivity index (χ4v) is 2.76. The molecule has 2 rings (SSSR count). The van der Waals surface area contributed by atoms with Crippen LogP contribution < -0.4 is 5.32 Å². The second-order valence-corrected chi connectivity index (χ2v) is 5.51. The summed E-state index contributed by atoms with van der Waals surface area (Å²) in [6.45, 7) is 4.97. The molecule has 1 atom stereocenters. The third-order valence-electron chi connectivity index (χ3n) is 2.65. The summed E-state index contributed by atoms with van der Waals surface area (Å²) in [5.41, 5.74) is 1.98. The highest BCUT2D eigenvalue weighted by molar-refractivity contribution is 7.09. The molecule has 0 radical (unpaired) electrons. The Hall–Kier alpha value is -0.970. The summed E-state index contributed by atoms with van der Waals surface area (Å²) >= 11 is 7.88. The van der Waals surface area contributed by atoms with Crippen LogP contribution in [0.3, 0.4) is 0 Å². The third-order valence-corrected chi connectivity index (χ3v) is 3.79. The van der Waals surface area contributed by atoms with Gasteiger partial charge in [0.05, 0.1) is 27.5 Å². The van der Waals surface area contributed by atoms with Gasteiger partial charge in [0.2, 0.25) is 0 Å². The van der Waals surface area contributed by atoms with E-state index in [4.69, 9.17) is 11.6 Å². The van der Waals surface area contributed by atoms with Crippen molar-refractivity contribution in [3.63, 3.8) is 0 Å². The van der Waals surface area contributed by atoms with Crippen molar-refractivity contribution in [2.45, 2.75) is 26.3 Å². The van der Waals surface area contributed by atoms with Crippen LogP contribution >= 0.6 is 22.9 Å². The molecule has 3 nitrogen and oxygen atoms in total. The number of aromatic nitrogens is 2. The van der Waals surface area contributed by atoms with Gasteiger partial charge in [-0.05, 0) is 25.6 Å². The van der Waals surface area contributed by atoms with Gasteiger partial charge in [0.25, 0.3) is 0 Å². The lowest BCUT2D eigenvalue weighted by Crippen LogP contribution is -2.24. The van der Waals surface area contributed by atoms with Gasteiger partial charge in [-0.15, -0.1) is 11.3 Å². The molecule has 0 amide bonds. The van der Waals surface area contributed by atoms with Crippen LogP contribution in [0.1, 0.15) is 29.4 Å². The maximum absolute atomic E-state index is 6.21. The van der Waals surface area contributed by atoms with Crippen LogP contribution in [0, 0.1) is 6.92 Å². The summed E-state index contributed by atoms with van der Waals surface area (Å²) in [4.78, 5) is 8.88. The van der Waals surface area contributed by atoms with Crippen molar-refractivity contribution in [3.8, 4) is 0 Å². The third kappa shape index (κ3) is 3.28. The first kappa shape index (κ1) is 13.5. The van der Waals surface area contributed by atoms with Crippen molar-refractivity contribution < 1.29 is 0 Å². The smallest absolute Gasteiger partial charge is 0.0897 e. The maximum atomic E-state index is 6.21. The summed E-state index contributed by atoms with van der Waals surface area (Å²) in [6, 6.07) is 3.84. The van der Waals surface area contributed by atoms with Crippen molar-refractivity contribution >= 4 is 22.9 Å². The van der Waals surface area contributed by atoms with Crippen LogP contribution in [-0.2, 0) is 6.42 Å². The van der Waals surface area contributed by atoms with Crippen LogP contribution in [-0.4, -0.2) is 16.5 Å². The molecular formula is C13H16ClN3S. The van der Waals surface area contributed by atoms with Gasteiger partial charge in [-0.25, -0.2) is 4.98 Å². The molecule has 2 heterocycles. The van der Waals surface area contributed by atoms with Gasteiger partial charge >= 0.3 is 0 Å². The quantitative estimate of drug-likeness (QED) is 0.913. The molecule has 0 bridgehead atoms. The van der Waals surface area contributed by atoms with Crippen molar-refractivity contribution in [2.24, 2.45) is 0 Å². The van der Waals surface area contributed by atoms with E-state index in [0.29, 0.717) is 5.02 Å². The number of halogens is 1. The van der Waals surface area contributed by atoms with Gasteiger partial charge in [0, 0.05) is 18.0 Å². The van der Waals surface area contributed by atoms with E-state index >= 15 is 0 Å². The number of nitrogens with zero attached hydrogens (tertiary/aromatic N) is 2. The largest absolute Gasteiger partial charge is 0.309 e. The van der Waals surface area contributed by atoms with Crippen molar-refractivity contribution in [1.82, 2.24) is 15.3 Å². The highest BCUT2D eigenvalue weighted by Gasteiger charge is 2.16. The second-order valence-electron chi connectivity index (χ2n) is 4.04. The highest BCUT2D eigenvalue weighted by Crippen LogP contribution is 2.24. The second kappa shape index (κ2) is 6.27. The summed E-state index contributed by atoms with van der Waals surface area (Å²) in [7, 11) is 0. The first-order valence-corrected chi connectivity index (χ1v) is 7.21. The topological polar surface area (TPSA) is 37.8 Å². The molecule has 0 aliphatic carbocycles. The Morgan fingerprint density at radius 2 is 2.33 bits per heavy atom. The van der Waals surface area contributed by atoms with Crippen LogP contribution in [0.5, 0.6) is 0 Å². The van der Waals surface area contributed by atoms with E-state index in [1.165, 1.54) is 0 Å². The summed E-state index contributed by atoms with van der Waals surface area (Å²) < 4.78 is 0. The number of nitrogens with one attached hydrogen (secondary N) is 1. The Bertz CT molecular complexity index is 512. The zero-order valence-corrected chi connectivity index (χ0v) is 12.1. The number of aryl methyl sites for hydroxylation is 1. The van der Waals surface area contributed by atoms with Crippen LogP contribution in [0.4, 0.5) is 0 Å². The summed E-state index contributed by atoms with van der Waals surface area (Å²) in [6.07, 6.45) is 2.59. The molecule has 2 aromatic rings. The molecular weight excluding hydrogens is 266 g/mol. The first-order chi connectivity index (χ1) is 8.70. The van der Waals surface area contributed by atoms with Gasteiger partial charge < -0.3 is 5.32 Å². The molecule has 2 aromatic heterocycles. The lowest BCUT2D eigenvalue weighted by molar-refractivity contribution is 0.532. The van der Waals surface area contributed by atoms with E-state index in [1.807, 2.05) is 19.1 Å². The van der Waals surface area contributed by atoms with Gasteiger partial charge in [-0.2, -0.15) is 0 Å². The average Bonchev–Trinajstić information content (AvgIpc) is 2.75. The van der Waals surface area contributed by atoms with Crippen LogP contribution in [0.25, 0.3) is 0 Å². The monoisotopic (exact) mass is 281 g/mol. The molecule has 0 saturated heterocycles. The Morgan fingerprint density at radius 3 is 2.94 bits per heavy atom. The minimum absolute atomic E-state index is 0.116. The number of hydrogen-bond donors (Lipinski definition) is 1. The molecule has 1 N–H and O–H groups in total. The van der Waals surface area contributed by atoms with Gasteiger partial charge in [0.1, 0.15) is 0 Å². The molecule has 0 saturated carbocycles. The van der Waals surface area contributed by atoms with Crippen molar-refractivity contribution in [1.29, 1.82) is 0 Å². The molecule has 0 aliphatic heterocycles. The Morgan fingerprint density at radius 1 is 1.50 bits per heavy atom. The Kier molecular flexibility index (Phi) is 4.69. The van der Waals surface area contributed by atoms with E-state index in [0.717, 1.165) is 29.4 Å².